The molecule has 0 spiro atoms. The molecule has 1 aliphatic rings. The van der Waals surface area contributed by atoms with Gasteiger partial charge in [0, 0.05) is 23.8 Å². The largest absolute Gasteiger partial charge is 0.350 e. The van der Waals surface area contributed by atoms with E-state index in [0.717, 1.165) is 11.3 Å². The Hall–Kier alpha value is -1.88. The van der Waals surface area contributed by atoms with Gasteiger partial charge in [0.05, 0.1) is 6.42 Å². The van der Waals surface area contributed by atoms with Crippen molar-refractivity contribution in [1.29, 1.82) is 0 Å². The van der Waals surface area contributed by atoms with Crippen molar-refractivity contribution in [3.05, 3.63) is 29.3 Å². The average Bonchev–Trinajstić information content (AvgIpc) is 2.64. The van der Waals surface area contributed by atoms with Crippen molar-refractivity contribution in [3.8, 4) is 0 Å². The Labute approximate surface area is 99.4 Å². The van der Waals surface area contributed by atoms with Crippen LogP contribution in [0.2, 0.25) is 0 Å². The highest BCUT2D eigenvalue weighted by Crippen LogP contribution is 2.23. The molecule has 0 aromatic heterocycles. The molecule has 1 aliphatic heterocycles. The number of hydrogen-bond donors (Lipinski definition) is 3. The molecular weight excluding hydrogens is 218 g/mol. The predicted octanol–water partition coefficient (Wildman–Crippen LogP) is 0.258. The first-order chi connectivity index (χ1) is 8.06. The summed E-state index contributed by atoms with van der Waals surface area (Å²) in [4.78, 5) is 22.9. The van der Waals surface area contributed by atoms with Crippen molar-refractivity contribution in [2.45, 2.75) is 19.4 Å². The normalized spacial score (nSPS) is 15.1. The number of nitrogens with one attached hydrogen (secondary N) is 2. The fourth-order valence-corrected chi connectivity index (χ4v) is 1.73. The molecule has 1 heterocycles. The number of carbonyl (C=O) groups excluding carboxylic acids is 2. The van der Waals surface area contributed by atoms with Gasteiger partial charge in [-0.1, -0.05) is 0 Å². The summed E-state index contributed by atoms with van der Waals surface area (Å²) in [6.45, 7) is 2.26. The number of anilines is 1. The van der Waals surface area contributed by atoms with E-state index in [4.69, 9.17) is 5.73 Å². The van der Waals surface area contributed by atoms with Crippen molar-refractivity contribution in [2.24, 2.45) is 5.73 Å². The minimum absolute atomic E-state index is 0.0341. The van der Waals surface area contributed by atoms with Gasteiger partial charge in [-0.25, -0.2) is 0 Å². The first kappa shape index (κ1) is 11.6. The van der Waals surface area contributed by atoms with Gasteiger partial charge >= 0.3 is 0 Å². The second-order valence-corrected chi connectivity index (χ2v) is 4.28. The summed E-state index contributed by atoms with van der Waals surface area (Å²) in [7, 11) is 0. The summed E-state index contributed by atoms with van der Waals surface area (Å²) in [5.41, 5.74) is 7.77. The van der Waals surface area contributed by atoms with Crippen molar-refractivity contribution in [1.82, 2.24) is 5.32 Å². The Balaban J connectivity index is 2.10. The third-order valence-corrected chi connectivity index (χ3v) is 2.58. The van der Waals surface area contributed by atoms with E-state index in [1.807, 2.05) is 6.92 Å². The maximum absolute atomic E-state index is 11.8. The summed E-state index contributed by atoms with van der Waals surface area (Å²) in [6.07, 6.45) is 0.337. The highest BCUT2D eigenvalue weighted by molar-refractivity contribution is 6.01. The van der Waals surface area contributed by atoms with Crippen LogP contribution in [0.4, 0.5) is 5.69 Å². The van der Waals surface area contributed by atoms with Crippen molar-refractivity contribution < 1.29 is 9.59 Å². The van der Waals surface area contributed by atoms with Crippen LogP contribution < -0.4 is 16.4 Å². The second kappa shape index (κ2) is 4.55. The topological polar surface area (TPSA) is 84.2 Å². The van der Waals surface area contributed by atoms with Crippen LogP contribution in [0.15, 0.2) is 18.2 Å². The van der Waals surface area contributed by atoms with E-state index in [9.17, 15) is 9.59 Å². The lowest BCUT2D eigenvalue weighted by Gasteiger charge is -2.08. The summed E-state index contributed by atoms with van der Waals surface area (Å²) in [5.74, 6) is -0.197. The van der Waals surface area contributed by atoms with Crippen LogP contribution in [0.1, 0.15) is 22.8 Å². The zero-order chi connectivity index (χ0) is 12.4. The third kappa shape index (κ3) is 2.62. The second-order valence-electron chi connectivity index (χ2n) is 4.28. The molecule has 1 atom stereocenters. The molecule has 0 saturated carbocycles. The van der Waals surface area contributed by atoms with Gasteiger partial charge in [0.25, 0.3) is 5.91 Å². The number of benzene rings is 1. The Morgan fingerprint density at radius 1 is 1.59 bits per heavy atom. The number of fused-ring (bicyclic) bond motifs is 1. The highest BCUT2D eigenvalue weighted by atomic mass is 16.2. The summed E-state index contributed by atoms with van der Waals surface area (Å²) in [6, 6.07) is 5.11. The zero-order valence-corrected chi connectivity index (χ0v) is 9.62. The molecule has 1 unspecified atom stereocenters. The van der Waals surface area contributed by atoms with Gasteiger partial charge in [0.2, 0.25) is 5.91 Å². The summed E-state index contributed by atoms with van der Waals surface area (Å²) >= 11 is 0. The van der Waals surface area contributed by atoms with Crippen LogP contribution in [0.25, 0.3) is 0 Å². The quantitative estimate of drug-likeness (QED) is 0.700. The smallest absolute Gasteiger partial charge is 0.251 e. The van der Waals surface area contributed by atoms with Crippen LogP contribution in [-0.2, 0) is 11.2 Å². The van der Waals surface area contributed by atoms with Gasteiger partial charge in [-0.3, -0.25) is 9.59 Å². The van der Waals surface area contributed by atoms with Gasteiger partial charge in [0.1, 0.15) is 0 Å². The van der Waals surface area contributed by atoms with Crippen molar-refractivity contribution in [3.63, 3.8) is 0 Å². The molecule has 0 radical (unpaired) electrons. The molecule has 2 amide bonds. The maximum Gasteiger partial charge on any atom is 0.251 e. The Kier molecular flexibility index (Phi) is 3.10. The molecule has 0 saturated heterocycles. The van der Waals surface area contributed by atoms with E-state index in [1.54, 1.807) is 18.2 Å². The summed E-state index contributed by atoms with van der Waals surface area (Å²) in [5, 5.41) is 5.45. The first-order valence-electron chi connectivity index (χ1n) is 5.53. The van der Waals surface area contributed by atoms with E-state index in [0.29, 0.717) is 18.5 Å². The Bertz CT molecular complexity index is 469. The highest BCUT2D eigenvalue weighted by Gasteiger charge is 2.18. The van der Waals surface area contributed by atoms with E-state index in [2.05, 4.69) is 10.6 Å². The molecule has 90 valence electrons. The fourth-order valence-electron chi connectivity index (χ4n) is 1.73. The molecule has 0 aliphatic carbocycles. The predicted molar refractivity (Wildman–Crippen MR) is 64.8 cm³/mol. The van der Waals surface area contributed by atoms with E-state index in [1.165, 1.54) is 0 Å². The Morgan fingerprint density at radius 2 is 2.35 bits per heavy atom. The number of hydrogen-bond acceptors (Lipinski definition) is 3. The maximum atomic E-state index is 11.8. The molecular formula is C12H15N3O2. The molecule has 1 aromatic carbocycles. The van der Waals surface area contributed by atoms with Gasteiger partial charge in [-0.15, -0.1) is 0 Å². The first-order valence-corrected chi connectivity index (χ1v) is 5.53. The minimum Gasteiger partial charge on any atom is -0.350 e. The SMILES string of the molecule is CC(N)CNC(=O)c1ccc2c(c1)CC(=O)N2. The monoisotopic (exact) mass is 233 g/mol. The minimum atomic E-state index is -0.163. The van der Waals surface area contributed by atoms with Crippen molar-refractivity contribution >= 4 is 17.5 Å². The molecule has 5 heteroatoms. The van der Waals surface area contributed by atoms with Crippen LogP contribution in [0.5, 0.6) is 0 Å². The van der Waals surface area contributed by atoms with Crippen LogP contribution >= 0.6 is 0 Å². The molecule has 2 rings (SSSR count). The van der Waals surface area contributed by atoms with Crippen LogP contribution in [0, 0.1) is 0 Å². The van der Waals surface area contributed by atoms with Crippen LogP contribution in [-0.4, -0.2) is 24.4 Å². The molecule has 1 aromatic rings. The number of rotatable bonds is 3. The lowest BCUT2D eigenvalue weighted by Crippen LogP contribution is -2.35. The average molecular weight is 233 g/mol. The third-order valence-electron chi connectivity index (χ3n) is 2.58. The molecule has 5 nitrogen and oxygen atoms in total. The zero-order valence-electron chi connectivity index (χ0n) is 9.62. The number of carbonyl (C=O) groups is 2. The van der Waals surface area contributed by atoms with Gasteiger partial charge in [-0.05, 0) is 30.7 Å². The van der Waals surface area contributed by atoms with Gasteiger partial charge < -0.3 is 16.4 Å². The fraction of sp³-hybridized carbons (Fsp3) is 0.333. The molecule has 0 fully saturated rings. The van der Waals surface area contributed by atoms with Gasteiger partial charge in [-0.2, -0.15) is 0 Å². The Morgan fingerprint density at radius 3 is 3.06 bits per heavy atom. The lowest BCUT2D eigenvalue weighted by molar-refractivity contribution is -0.115. The lowest BCUT2D eigenvalue weighted by atomic mass is 10.1. The van der Waals surface area contributed by atoms with E-state index < -0.39 is 0 Å². The number of amides is 2. The summed E-state index contributed by atoms with van der Waals surface area (Å²) < 4.78 is 0. The van der Waals surface area contributed by atoms with E-state index in [-0.39, 0.29) is 17.9 Å². The van der Waals surface area contributed by atoms with Crippen LogP contribution in [0.3, 0.4) is 0 Å². The molecule has 4 N–H and O–H groups in total. The molecule has 0 bridgehead atoms. The van der Waals surface area contributed by atoms with Gasteiger partial charge in [0.15, 0.2) is 0 Å². The molecule has 17 heavy (non-hydrogen) atoms. The number of nitrogens with two attached hydrogens (primary N) is 1. The standard InChI is InChI=1S/C12H15N3O2/c1-7(13)6-14-12(17)8-2-3-10-9(4-8)5-11(16)15-10/h2-4,7H,5-6,13H2,1H3,(H,14,17)(H,15,16). The van der Waals surface area contributed by atoms with Crippen molar-refractivity contribution in [2.75, 3.05) is 11.9 Å². The van der Waals surface area contributed by atoms with E-state index >= 15 is 0 Å².